The summed E-state index contributed by atoms with van der Waals surface area (Å²) >= 11 is 10.8. The SMILES string of the molecule is CC(Cl)S(=O)(=O)CC(O)C(O)CS(=O)(=O)C(C)Cl. The number of sulfone groups is 2. The molecular formula is C8H16Cl2O6S2. The third-order valence-electron chi connectivity index (χ3n) is 2.24. The van der Waals surface area contributed by atoms with Gasteiger partial charge in [-0.15, -0.1) is 23.2 Å². The largest absolute Gasteiger partial charge is 0.389 e. The van der Waals surface area contributed by atoms with Crippen molar-refractivity contribution in [3.05, 3.63) is 0 Å². The summed E-state index contributed by atoms with van der Waals surface area (Å²) in [7, 11) is -7.58. The van der Waals surface area contributed by atoms with Crippen LogP contribution in [0.15, 0.2) is 0 Å². The van der Waals surface area contributed by atoms with Gasteiger partial charge in [0, 0.05) is 0 Å². The molecule has 0 saturated heterocycles. The minimum Gasteiger partial charge on any atom is -0.389 e. The van der Waals surface area contributed by atoms with E-state index in [4.69, 9.17) is 23.2 Å². The van der Waals surface area contributed by atoms with E-state index in [-0.39, 0.29) is 0 Å². The lowest BCUT2D eigenvalue weighted by Crippen LogP contribution is -2.40. The molecule has 2 N–H and O–H groups in total. The van der Waals surface area contributed by atoms with E-state index >= 15 is 0 Å². The van der Waals surface area contributed by atoms with E-state index in [1.807, 2.05) is 0 Å². The van der Waals surface area contributed by atoms with Crippen LogP contribution in [-0.4, -0.2) is 60.2 Å². The van der Waals surface area contributed by atoms with Gasteiger partial charge < -0.3 is 10.2 Å². The average molecular weight is 343 g/mol. The molecule has 0 spiro atoms. The molecule has 4 unspecified atom stereocenters. The molecular weight excluding hydrogens is 327 g/mol. The van der Waals surface area contributed by atoms with Gasteiger partial charge in [-0.05, 0) is 13.8 Å². The van der Waals surface area contributed by atoms with E-state index in [0.717, 1.165) is 0 Å². The first-order valence-electron chi connectivity index (χ1n) is 4.97. The molecule has 0 saturated carbocycles. The van der Waals surface area contributed by atoms with Gasteiger partial charge in [-0.1, -0.05) is 0 Å². The van der Waals surface area contributed by atoms with Crippen LogP contribution < -0.4 is 0 Å². The van der Waals surface area contributed by atoms with Crippen molar-refractivity contribution < 1.29 is 27.0 Å². The van der Waals surface area contributed by atoms with Gasteiger partial charge in [0.2, 0.25) is 0 Å². The zero-order valence-corrected chi connectivity index (χ0v) is 13.0. The van der Waals surface area contributed by atoms with Crippen LogP contribution in [-0.2, 0) is 19.7 Å². The Morgan fingerprint density at radius 3 is 1.22 bits per heavy atom. The molecule has 0 heterocycles. The average Bonchev–Trinajstić information content (AvgIpc) is 2.15. The van der Waals surface area contributed by atoms with Gasteiger partial charge in [0.15, 0.2) is 19.7 Å². The van der Waals surface area contributed by atoms with E-state index in [9.17, 15) is 27.0 Å². The lowest BCUT2D eigenvalue weighted by Gasteiger charge is -2.19. The van der Waals surface area contributed by atoms with Crippen LogP contribution in [0, 0.1) is 0 Å². The fourth-order valence-electron chi connectivity index (χ4n) is 0.963. The predicted molar refractivity (Wildman–Crippen MR) is 70.2 cm³/mol. The number of aliphatic hydroxyl groups is 2. The molecule has 18 heavy (non-hydrogen) atoms. The monoisotopic (exact) mass is 342 g/mol. The molecule has 0 radical (unpaired) electrons. The molecule has 0 aliphatic rings. The van der Waals surface area contributed by atoms with Crippen molar-refractivity contribution in [2.24, 2.45) is 0 Å². The third kappa shape index (κ3) is 5.58. The Hall–Kier alpha value is 0.400. The summed E-state index contributed by atoms with van der Waals surface area (Å²) in [6.07, 6.45) is -3.47. The predicted octanol–water partition coefficient (Wildman–Crippen LogP) is -0.293. The molecule has 0 bridgehead atoms. The van der Waals surface area contributed by atoms with Gasteiger partial charge in [-0.2, -0.15) is 0 Å². The van der Waals surface area contributed by atoms with Crippen LogP contribution >= 0.6 is 23.2 Å². The van der Waals surface area contributed by atoms with Gasteiger partial charge in [-0.3, -0.25) is 0 Å². The number of hydrogen-bond donors (Lipinski definition) is 2. The molecule has 10 heteroatoms. The van der Waals surface area contributed by atoms with Crippen molar-refractivity contribution in [1.82, 2.24) is 0 Å². The summed E-state index contributed by atoms with van der Waals surface area (Å²) in [6.45, 7) is 2.40. The second-order valence-corrected chi connectivity index (χ2v) is 10.4. The number of halogens is 2. The molecule has 0 rings (SSSR count). The molecule has 0 amide bonds. The number of aliphatic hydroxyl groups excluding tert-OH is 2. The zero-order valence-electron chi connectivity index (χ0n) is 9.82. The maximum Gasteiger partial charge on any atom is 0.169 e. The van der Waals surface area contributed by atoms with E-state index in [1.54, 1.807) is 0 Å². The van der Waals surface area contributed by atoms with Crippen LogP contribution in [0.1, 0.15) is 13.8 Å². The summed E-state index contributed by atoms with van der Waals surface area (Å²) in [5, 5.41) is 18.9. The van der Waals surface area contributed by atoms with E-state index < -0.39 is 52.8 Å². The molecule has 0 aromatic rings. The van der Waals surface area contributed by atoms with Gasteiger partial charge in [0.1, 0.15) is 9.42 Å². The summed E-state index contributed by atoms with van der Waals surface area (Å²) in [6, 6.07) is 0. The van der Waals surface area contributed by atoms with E-state index in [2.05, 4.69) is 0 Å². The van der Waals surface area contributed by atoms with Crippen LogP contribution in [0.4, 0.5) is 0 Å². The maximum atomic E-state index is 11.4. The molecule has 0 aliphatic heterocycles. The highest BCUT2D eigenvalue weighted by atomic mass is 35.5. The lowest BCUT2D eigenvalue weighted by atomic mass is 10.3. The molecule has 6 nitrogen and oxygen atoms in total. The minimum atomic E-state index is -3.79. The highest BCUT2D eigenvalue weighted by Crippen LogP contribution is 2.13. The fourth-order valence-corrected chi connectivity index (χ4v) is 3.33. The van der Waals surface area contributed by atoms with Crippen LogP contribution in [0.2, 0.25) is 0 Å². The Labute approximate surface area is 117 Å². The second-order valence-electron chi connectivity index (χ2n) is 3.88. The molecule has 4 atom stereocenters. The second kappa shape index (κ2) is 6.71. The molecule has 0 aromatic carbocycles. The highest BCUT2D eigenvalue weighted by molar-refractivity contribution is 7.93. The van der Waals surface area contributed by atoms with Crippen molar-refractivity contribution in [3.8, 4) is 0 Å². The van der Waals surface area contributed by atoms with Crippen molar-refractivity contribution >= 4 is 42.9 Å². The standard InChI is InChI=1S/C8H16Cl2O6S2/c1-5(9)17(13,14)3-7(11)8(12)4-18(15,16)6(2)10/h5-8,11-12H,3-4H2,1-2H3. The number of alkyl halides is 2. The quantitative estimate of drug-likeness (QED) is 0.615. The molecule has 0 aliphatic carbocycles. The summed E-state index contributed by atoms with van der Waals surface area (Å²) in [5.74, 6) is -1.63. The first-order valence-corrected chi connectivity index (χ1v) is 9.28. The zero-order chi connectivity index (χ0) is 14.7. The first kappa shape index (κ1) is 18.4. The van der Waals surface area contributed by atoms with E-state index in [0.29, 0.717) is 0 Å². The topological polar surface area (TPSA) is 109 Å². The van der Waals surface area contributed by atoms with Gasteiger partial charge in [-0.25, -0.2) is 16.8 Å². The van der Waals surface area contributed by atoms with Gasteiger partial charge in [0.05, 0.1) is 23.7 Å². The van der Waals surface area contributed by atoms with Crippen LogP contribution in [0.25, 0.3) is 0 Å². The first-order chi connectivity index (χ1) is 7.90. The highest BCUT2D eigenvalue weighted by Gasteiger charge is 2.31. The normalized spacial score (nSPS) is 20.1. The summed E-state index contributed by atoms with van der Waals surface area (Å²) in [5.41, 5.74) is 0. The molecule has 0 aromatic heterocycles. The van der Waals surface area contributed by atoms with Crippen LogP contribution in [0.5, 0.6) is 0 Å². The molecule has 110 valence electrons. The van der Waals surface area contributed by atoms with Gasteiger partial charge >= 0.3 is 0 Å². The van der Waals surface area contributed by atoms with Crippen molar-refractivity contribution in [2.75, 3.05) is 11.5 Å². The van der Waals surface area contributed by atoms with Crippen molar-refractivity contribution in [3.63, 3.8) is 0 Å². The Balaban J connectivity index is 4.70. The van der Waals surface area contributed by atoms with E-state index in [1.165, 1.54) is 13.8 Å². The minimum absolute atomic E-state index is 0.814. The molecule has 0 fully saturated rings. The van der Waals surface area contributed by atoms with Crippen molar-refractivity contribution in [1.29, 1.82) is 0 Å². The number of hydrogen-bond acceptors (Lipinski definition) is 6. The van der Waals surface area contributed by atoms with Crippen molar-refractivity contribution in [2.45, 2.75) is 35.5 Å². The van der Waals surface area contributed by atoms with Crippen LogP contribution in [0.3, 0.4) is 0 Å². The fraction of sp³-hybridized carbons (Fsp3) is 1.00. The Morgan fingerprint density at radius 1 is 0.833 bits per heavy atom. The third-order valence-corrected chi connectivity index (χ3v) is 7.46. The summed E-state index contributed by atoms with van der Waals surface area (Å²) < 4.78 is 43.0. The lowest BCUT2D eigenvalue weighted by molar-refractivity contribution is 0.0477. The number of rotatable bonds is 7. The maximum absolute atomic E-state index is 11.4. The Bertz CT molecular complexity index is 412. The van der Waals surface area contributed by atoms with Gasteiger partial charge in [0.25, 0.3) is 0 Å². The Morgan fingerprint density at radius 2 is 1.06 bits per heavy atom. The summed E-state index contributed by atoms with van der Waals surface area (Å²) in [4.78, 5) is 0. The Kier molecular flexibility index (Phi) is 6.86. The smallest absolute Gasteiger partial charge is 0.169 e.